The lowest BCUT2D eigenvalue weighted by Gasteiger charge is -1.81. The van der Waals surface area contributed by atoms with Crippen LogP contribution >= 0.6 is 7.80 Å². The predicted octanol–water partition coefficient (Wildman–Crippen LogP) is 0.276. The molecule has 0 spiro atoms. The Morgan fingerprint density at radius 2 is 2.50 bits per heavy atom. The summed E-state index contributed by atoms with van der Waals surface area (Å²) in [5.41, 5.74) is 0. The highest BCUT2D eigenvalue weighted by Gasteiger charge is 1.66. The van der Waals surface area contributed by atoms with Crippen LogP contribution in [0.5, 0.6) is 0 Å². The highest BCUT2D eigenvalue weighted by atomic mass is 31.1. The van der Waals surface area contributed by atoms with Crippen LogP contribution in [0.4, 0.5) is 0 Å². The number of rotatable bonds is 0. The molecule has 0 saturated carbocycles. The van der Waals surface area contributed by atoms with Gasteiger partial charge < -0.3 is 0 Å². The summed E-state index contributed by atoms with van der Waals surface area (Å²) >= 11 is 0. The molecule has 0 N–H and O–H groups in total. The van der Waals surface area contributed by atoms with E-state index >= 15 is 0 Å². The zero-order valence-corrected chi connectivity index (χ0v) is 4.05. The average Bonchev–Trinajstić information content (AvgIpc) is 1.38. The van der Waals surface area contributed by atoms with E-state index in [-0.39, 0.29) is 7.80 Å². The first-order chi connectivity index (χ1) is 2.27. The maximum Gasteiger partial charge on any atom is 0.133 e. The molecular formula is C2H8BP. The normalized spacial score (nSPS) is 18.8. The summed E-state index contributed by atoms with van der Waals surface area (Å²) in [6.07, 6.45) is 0. The van der Waals surface area contributed by atoms with E-state index in [1.807, 2.05) is 0 Å². The molecule has 0 amide bonds. The Morgan fingerprint density at radius 1 is 2.25 bits per heavy atom. The SMILES string of the molecule is [3H]CP(B)C. The van der Waals surface area contributed by atoms with E-state index in [2.05, 4.69) is 14.2 Å². The standard InChI is InChI=1S/C2H8BP/c1-4(2)3/h3H2,1-2H3/i1T. The van der Waals surface area contributed by atoms with Gasteiger partial charge in [0.05, 0.1) is 0 Å². The van der Waals surface area contributed by atoms with Crippen LogP contribution in [0.3, 0.4) is 0 Å². The van der Waals surface area contributed by atoms with Gasteiger partial charge in [-0.2, -0.15) is 7.80 Å². The third-order valence-electron chi connectivity index (χ3n) is 0. The van der Waals surface area contributed by atoms with Crippen molar-refractivity contribution in [3.63, 3.8) is 0 Å². The first-order valence-electron chi connectivity index (χ1n) is 1.92. The Bertz CT molecular complexity index is 23.6. The highest BCUT2D eigenvalue weighted by Crippen LogP contribution is 2.12. The van der Waals surface area contributed by atoms with Crippen LogP contribution in [0.25, 0.3) is 0 Å². The Kier molecular flexibility index (Phi) is 1.21. The second-order valence-electron chi connectivity index (χ2n) is 1.08. The van der Waals surface area contributed by atoms with Crippen molar-refractivity contribution in [3.8, 4) is 0 Å². The molecule has 2 heteroatoms. The quantitative estimate of drug-likeness (QED) is 0.287. The molecule has 0 aliphatic carbocycles. The first-order valence-corrected chi connectivity index (χ1v) is 3.63. The zero-order chi connectivity index (χ0) is 4.28. The molecule has 0 bridgehead atoms. The fourth-order valence-electron chi connectivity index (χ4n) is 0. The predicted molar refractivity (Wildman–Crippen MR) is 27.3 cm³/mol. The average molecular weight is 75.9 g/mol. The van der Waals surface area contributed by atoms with E-state index in [4.69, 9.17) is 1.37 Å². The lowest BCUT2D eigenvalue weighted by Crippen LogP contribution is -1.52. The van der Waals surface area contributed by atoms with Crippen molar-refractivity contribution in [2.75, 3.05) is 13.3 Å². The van der Waals surface area contributed by atoms with Crippen LogP contribution in [0, 0.1) is 0 Å². The van der Waals surface area contributed by atoms with E-state index in [1.54, 1.807) is 0 Å². The van der Waals surface area contributed by atoms with Crippen molar-refractivity contribution in [2.24, 2.45) is 0 Å². The molecule has 0 saturated heterocycles. The third-order valence-corrected chi connectivity index (χ3v) is 0. The lowest BCUT2D eigenvalue weighted by molar-refractivity contribution is 2.29. The third kappa shape index (κ3) is 22.8. The van der Waals surface area contributed by atoms with E-state index in [0.29, 0.717) is 6.64 Å². The molecule has 0 aromatic carbocycles. The van der Waals surface area contributed by atoms with Gasteiger partial charge in [-0.1, -0.05) is 13.3 Å². The maximum atomic E-state index is 6.69. The van der Waals surface area contributed by atoms with E-state index in [9.17, 15) is 0 Å². The Hall–Kier alpha value is 0.495. The molecule has 0 heterocycles. The minimum absolute atomic E-state index is 0.0684. The van der Waals surface area contributed by atoms with Gasteiger partial charge >= 0.3 is 0 Å². The molecule has 0 radical (unpaired) electrons. The molecule has 4 heavy (non-hydrogen) atoms. The summed E-state index contributed by atoms with van der Waals surface area (Å²) in [7, 11) is 2.17. The summed E-state index contributed by atoms with van der Waals surface area (Å²) in [4.78, 5) is 0. The lowest BCUT2D eigenvalue weighted by atomic mass is 10.8. The molecule has 0 aliphatic heterocycles. The molecule has 1 atom stereocenters. The topological polar surface area (TPSA) is 0 Å². The fourth-order valence-corrected chi connectivity index (χ4v) is 0. The van der Waals surface area contributed by atoms with Crippen LogP contribution in [0.1, 0.15) is 1.37 Å². The molecule has 0 fully saturated rings. The highest BCUT2D eigenvalue weighted by molar-refractivity contribution is 7.80. The van der Waals surface area contributed by atoms with Gasteiger partial charge in [0, 0.05) is 1.37 Å². The van der Waals surface area contributed by atoms with Gasteiger partial charge in [0.1, 0.15) is 7.57 Å². The molecular weight excluding hydrogens is 65.8 g/mol. The fraction of sp³-hybridized carbons (Fsp3) is 1.00. The summed E-state index contributed by atoms with van der Waals surface area (Å²) < 4.78 is 6.69. The van der Waals surface area contributed by atoms with Crippen LogP contribution in [-0.2, 0) is 0 Å². The van der Waals surface area contributed by atoms with Crippen molar-refractivity contribution in [3.05, 3.63) is 0 Å². The van der Waals surface area contributed by atoms with Crippen LogP contribution in [0.2, 0.25) is 0 Å². The Balaban J connectivity index is 2.54. The van der Waals surface area contributed by atoms with E-state index in [0.717, 1.165) is 0 Å². The summed E-state index contributed by atoms with van der Waals surface area (Å²) in [6, 6.07) is 0. The van der Waals surface area contributed by atoms with Crippen LogP contribution < -0.4 is 0 Å². The summed E-state index contributed by atoms with van der Waals surface area (Å²) in [5.74, 6) is 0. The molecule has 0 aromatic rings. The van der Waals surface area contributed by atoms with Gasteiger partial charge in [-0.25, -0.2) is 0 Å². The molecule has 0 rings (SSSR count). The van der Waals surface area contributed by atoms with Gasteiger partial charge in [-0.15, -0.1) is 0 Å². The maximum absolute atomic E-state index is 6.69. The van der Waals surface area contributed by atoms with Crippen LogP contribution in [0.15, 0.2) is 0 Å². The smallest absolute Gasteiger partial charge is 0.133 e. The van der Waals surface area contributed by atoms with E-state index in [1.165, 1.54) is 0 Å². The van der Waals surface area contributed by atoms with Gasteiger partial charge in [-0.3, -0.25) is 0 Å². The van der Waals surface area contributed by atoms with Gasteiger partial charge in [0.25, 0.3) is 0 Å². The van der Waals surface area contributed by atoms with Crippen molar-refractivity contribution in [1.82, 2.24) is 0 Å². The van der Waals surface area contributed by atoms with Crippen molar-refractivity contribution in [1.29, 1.82) is 0 Å². The summed E-state index contributed by atoms with van der Waals surface area (Å²) in [5, 5.41) is 0. The minimum Gasteiger partial charge on any atom is -0.156 e. The minimum atomic E-state index is 0.0684. The van der Waals surface area contributed by atoms with Gasteiger partial charge in [-0.05, 0) is 0 Å². The molecule has 0 aromatic heterocycles. The molecule has 0 nitrogen and oxygen atoms in total. The van der Waals surface area contributed by atoms with Crippen molar-refractivity contribution in [2.45, 2.75) is 0 Å². The Labute approximate surface area is 31.1 Å². The first kappa shape index (κ1) is 2.72. The van der Waals surface area contributed by atoms with Crippen molar-refractivity contribution < 1.29 is 1.37 Å². The summed E-state index contributed by atoms with van der Waals surface area (Å²) in [6.45, 7) is 2.72. The van der Waals surface area contributed by atoms with Gasteiger partial charge in [0.2, 0.25) is 0 Å². The molecule has 0 aliphatic rings. The monoisotopic (exact) mass is 76.1 g/mol. The number of hydrogen-bond donors (Lipinski definition) is 0. The van der Waals surface area contributed by atoms with Crippen molar-refractivity contribution >= 4 is 15.4 Å². The second-order valence-corrected chi connectivity index (χ2v) is 3.24. The number of hydrogen-bond acceptors (Lipinski definition) is 0. The van der Waals surface area contributed by atoms with Crippen LogP contribution in [-0.4, -0.2) is 20.9 Å². The van der Waals surface area contributed by atoms with Gasteiger partial charge in [0.15, 0.2) is 0 Å². The molecule has 1 unspecified atom stereocenters. The largest absolute Gasteiger partial charge is 0.156 e. The van der Waals surface area contributed by atoms with E-state index < -0.39 is 0 Å². The molecule has 24 valence electrons. The zero-order valence-electron chi connectivity index (χ0n) is 4.15. The second kappa shape index (κ2) is 1.78. The Morgan fingerprint density at radius 3 is 2.50 bits per heavy atom.